The molecule has 0 saturated heterocycles. The van der Waals surface area contributed by atoms with Gasteiger partial charge in [-0.15, -0.1) is 0 Å². The largest absolute Gasteiger partial charge is 0.467 e. The van der Waals surface area contributed by atoms with E-state index >= 15 is 0 Å². The lowest BCUT2D eigenvalue weighted by Gasteiger charge is -2.17. The summed E-state index contributed by atoms with van der Waals surface area (Å²) < 4.78 is 5.56. The maximum absolute atomic E-state index is 5.56. The number of hydrogen-bond donors (Lipinski definition) is 1. The van der Waals surface area contributed by atoms with E-state index in [9.17, 15) is 0 Å². The first kappa shape index (κ1) is 11.9. The molecule has 2 heterocycles. The van der Waals surface area contributed by atoms with E-state index in [4.69, 9.17) is 4.42 Å². The number of pyridine rings is 1. The summed E-state index contributed by atoms with van der Waals surface area (Å²) in [5.41, 5.74) is 2.17. The zero-order chi connectivity index (χ0) is 13.1. The molecular formula is C16H16N2O. The van der Waals surface area contributed by atoms with Gasteiger partial charge in [0.15, 0.2) is 0 Å². The number of fused-ring (bicyclic) bond motifs is 1. The van der Waals surface area contributed by atoms with Crippen LogP contribution in [-0.4, -0.2) is 11.5 Å². The van der Waals surface area contributed by atoms with Crippen LogP contribution in [0.5, 0.6) is 0 Å². The zero-order valence-corrected chi connectivity index (χ0v) is 10.8. The predicted octanol–water partition coefficient (Wildman–Crippen LogP) is 3.53. The van der Waals surface area contributed by atoms with Gasteiger partial charge in [-0.2, -0.15) is 0 Å². The second-order valence-electron chi connectivity index (χ2n) is 4.43. The zero-order valence-electron chi connectivity index (χ0n) is 10.8. The highest BCUT2D eigenvalue weighted by Crippen LogP contribution is 2.27. The Kier molecular flexibility index (Phi) is 3.29. The maximum Gasteiger partial charge on any atom is 0.125 e. The number of furan rings is 1. The van der Waals surface area contributed by atoms with Gasteiger partial charge in [-0.25, -0.2) is 0 Å². The fraction of sp³-hybridized carbons (Fsp3) is 0.188. The Balaban J connectivity index is 2.15. The topological polar surface area (TPSA) is 38.1 Å². The van der Waals surface area contributed by atoms with Crippen LogP contribution in [0.25, 0.3) is 10.9 Å². The number of aromatic nitrogens is 1. The number of para-hydroxylation sites is 1. The van der Waals surface area contributed by atoms with Gasteiger partial charge in [0.05, 0.1) is 17.8 Å². The van der Waals surface area contributed by atoms with Crippen molar-refractivity contribution in [1.29, 1.82) is 0 Å². The Labute approximate surface area is 112 Å². The van der Waals surface area contributed by atoms with Crippen molar-refractivity contribution in [2.75, 3.05) is 6.54 Å². The minimum absolute atomic E-state index is 0.0404. The SMILES string of the molecule is CCNC(c1ccco1)c1cccc2cccnc12. The molecule has 0 aliphatic rings. The van der Waals surface area contributed by atoms with E-state index in [0.29, 0.717) is 0 Å². The van der Waals surface area contributed by atoms with Gasteiger partial charge in [0.25, 0.3) is 0 Å². The van der Waals surface area contributed by atoms with Crippen molar-refractivity contribution in [1.82, 2.24) is 10.3 Å². The summed E-state index contributed by atoms with van der Waals surface area (Å²) in [7, 11) is 0. The lowest BCUT2D eigenvalue weighted by Crippen LogP contribution is -2.21. The molecule has 0 fully saturated rings. The van der Waals surface area contributed by atoms with E-state index in [1.165, 1.54) is 0 Å². The average Bonchev–Trinajstić information content (AvgIpc) is 2.98. The summed E-state index contributed by atoms with van der Waals surface area (Å²) >= 11 is 0. The third kappa shape index (κ3) is 2.25. The second kappa shape index (κ2) is 5.24. The quantitative estimate of drug-likeness (QED) is 0.772. The Hall–Kier alpha value is -2.13. The van der Waals surface area contributed by atoms with Gasteiger partial charge >= 0.3 is 0 Å². The molecule has 0 saturated carbocycles. The minimum Gasteiger partial charge on any atom is -0.467 e. The van der Waals surface area contributed by atoms with Crippen LogP contribution >= 0.6 is 0 Å². The van der Waals surface area contributed by atoms with Crippen molar-refractivity contribution in [2.24, 2.45) is 0 Å². The standard InChI is InChI=1S/C16H16N2O/c1-2-17-16(14-9-5-11-19-14)13-8-3-6-12-7-4-10-18-15(12)13/h3-11,16-17H,2H2,1H3. The van der Waals surface area contributed by atoms with Gasteiger partial charge in [-0.3, -0.25) is 4.98 Å². The Morgan fingerprint density at radius 1 is 1.16 bits per heavy atom. The van der Waals surface area contributed by atoms with E-state index in [1.54, 1.807) is 6.26 Å². The van der Waals surface area contributed by atoms with E-state index in [1.807, 2.05) is 24.4 Å². The summed E-state index contributed by atoms with van der Waals surface area (Å²) in [5.74, 6) is 0.917. The minimum atomic E-state index is 0.0404. The van der Waals surface area contributed by atoms with E-state index in [2.05, 4.69) is 41.5 Å². The smallest absolute Gasteiger partial charge is 0.125 e. The van der Waals surface area contributed by atoms with Crippen molar-refractivity contribution in [3.05, 3.63) is 66.2 Å². The highest BCUT2D eigenvalue weighted by Gasteiger charge is 2.18. The van der Waals surface area contributed by atoms with Gasteiger partial charge in [-0.05, 0) is 24.7 Å². The van der Waals surface area contributed by atoms with Crippen molar-refractivity contribution >= 4 is 10.9 Å². The van der Waals surface area contributed by atoms with Crippen LogP contribution in [-0.2, 0) is 0 Å². The number of benzene rings is 1. The number of rotatable bonds is 4. The van der Waals surface area contributed by atoms with Gasteiger partial charge in [0, 0.05) is 17.1 Å². The van der Waals surface area contributed by atoms with Crippen LogP contribution in [0.2, 0.25) is 0 Å². The molecule has 0 aliphatic carbocycles. The van der Waals surface area contributed by atoms with Crippen molar-refractivity contribution < 1.29 is 4.42 Å². The van der Waals surface area contributed by atoms with Crippen LogP contribution in [0.1, 0.15) is 24.3 Å². The molecule has 3 aromatic rings. The summed E-state index contributed by atoms with van der Waals surface area (Å²) in [5, 5.41) is 4.61. The van der Waals surface area contributed by atoms with Crippen LogP contribution in [0.4, 0.5) is 0 Å². The molecular weight excluding hydrogens is 236 g/mol. The van der Waals surface area contributed by atoms with E-state index in [-0.39, 0.29) is 6.04 Å². The van der Waals surface area contributed by atoms with Crippen LogP contribution < -0.4 is 5.32 Å². The second-order valence-corrected chi connectivity index (χ2v) is 4.43. The molecule has 2 aromatic heterocycles. The fourth-order valence-corrected chi connectivity index (χ4v) is 2.38. The highest BCUT2D eigenvalue weighted by molar-refractivity contribution is 5.82. The third-order valence-corrected chi connectivity index (χ3v) is 3.21. The molecule has 1 aromatic carbocycles. The predicted molar refractivity (Wildman–Crippen MR) is 76.0 cm³/mol. The van der Waals surface area contributed by atoms with Crippen molar-refractivity contribution in [3.63, 3.8) is 0 Å². The first-order valence-corrected chi connectivity index (χ1v) is 6.50. The van der Waals surface area contributed by atoms with Crippen LogP contribution in [0, 0.1) is 0 Å². The molecule has 1 unspecified atom stereocenters. The number of nitrogens with zero attached hydrogens (tertiary/aromatic N) is 1. The van der Waals surface area contributed by atoms with Gasteiger partial charge in [0.1, 0.15) is 5.76 Å². The maximum atomic E-state index is 5.56. The molecule has 0 radical (unpaired) electrons. The third-order valence-electron chi connectivity index (χ3n) is 3.21. The van der Waals surface area contributed by atoms with Gasteiger partial charge in [-0.1, -0.05) is 31.2 Å². The molecule has 0 amide bonds. The average molecular weight is 252 g/mol. The summed E-state index contributed by atoms with van der Waals surface area (Å²) in [6.07, 6.45) is 3.54. The number of nitrogens with one attached hydrogen (secondary N) is 1. The molecule has 19 heavy (non-hydrogen) atoms. The van der Waals surface area contributed by atoms with E-state index in [0.717, 1.165) is 28.8 Å². The molecule has 3 nitrogen and oxygen atoms in total. The molecule has 3 heteroatoms. The van der Waals surface area contributed by atoms with Gasteiger partial charge in [0.2, 0.25) is 0 Å². The monoisotopic (exact) mass is 252 g/mol. The molecule has 1 atom stereocenters. The Morgan fingerprint density at radius 2 is 2.05 bits per heavy atom. The highest BCUT2D eigenvalue weighted by atomic mass is 16.3. The number of hydrogen-bond acceptors (Lipinski definition) is 3. The summed E-state index contributed by atoms with van der Waals surface area (Å²) in [4.78, 5) is 4.51. The molecule has 3 rings (SSSR count). The Bertz CT molecular complexity index is 656. The first-order valence-electron chi connectivity index (χ1n) is 6.50. The molecule has 96 valence electrons. The molecule has 0 bridgehead atoms. The van der Waals surface area contributed by atoms with Crippen LogP contribution in [0.3, 0.4) is 0 Å². The first-order chi connectivity index (χ1) is 9.40. The molecule has 1 N–H and O–H groups in total. The van der Waals surface area contributed by atoms with E-state index < -0.39 is 0 Å². The molecule has 0 aliphatic heterocycles. The molecule has 0 spiro atoms. The summed E-state index contributed by atoms with van der Waals surface area (Å²) in [6, 6.07) is 14.2. The normalized spacial score (nSPS) is 12.7. The summed E-state index contributed by atoms with van der Waals surface area (Å²) in [6.45, 7) is 2.96. The lowest BCUT2D eigenvalue weighted by molar-refractivity contribution is 0.453. The fourth-order valence-electron chi connectivity index (χ4n) is 2.38. The van der Waals surface area contributed by atoms with Crippen LogP contribution in [0.15, 0.2) is 59.3 Å². The Morgan fingerprint density at radius 3 is 2.84 bits per heavy atom. The van der Waals surface area contributed by atoms with Gasteiger partial charge < -0.3 is 9.73 Å². The lowest BCUT2D eigenvalue weighted by atomic mass is 10.0. The van der Waals surface area contributed by atoms with Crippen molar-refractivity contribution in [3.8, 4) is 0 Å². The van der Waals surface area contributed by atoms with Crippen molar-refractivity contribution in [2.45, 2.75) is 13.0 Å².